The number of nitrogens with zero attached hydrogens (tertiary/aromatic N) is 3. The third kappa shape index (κ3) is 6.54. The Hall–Kier alpha value is -8.67. The van der Waals surface area contributed by atoms with Gasteiger partial charge in [-0.15, -0.1) is 0 Å². The zero-order valence-electron chi connectivity index (χ0n) is 43.9. The minimum absolute atomic E-state index is 0.0938. The van der Waals surface area contributed by atoms with Gasteiger partial charge in [0.25, 0.3) is 13.4 Å². The average Bonchev–Trinajstić information content (AvgIpc) is 3.93. The quantitative estimate of drug-likeness (QED) is 0.164. The summed E-state index contributed by atoms with van der Waals surface area (Å²) in [6.07, 6.45) is 0. The van der Waals surface area contributed by atoms with Crippen molar-refractivity contribution < 1.29 is 9.47 Å². The first kappa shape index (κ1) is 44.8. The highest BCUT2D eigenvalue weighted by Crippen LogP contribution is 2.49. The Morgan fingerprint density at radius 1 is 0.368 bits per heavy atom. The summed E-state index contributed by atoms with van der Waals surface area (Å²) in [7, 11) is 0. The summed E-state index contributed by atoms with van der Waals surface area (Å²) in [6.45, 7) is 15.8. The standard InChI is InChI=1S/C69H55B2N3O2/c1-42-21-11-16-28-54(42)73-59-41-63-53(40-52(59)71-51-27-15-20-32-62(51)75-64-37-44(68(2,3)4)35-60(73)67(64)71)70-50-34-33-46(72-56-30-18-13-25-48(56)49-26-14-19-31-57(49)72)39-58(50)74(55-29-17-12-24-47(55)43-22-9-8-10-23-43)61-36-45(69(5,6)7)38-65(76-63)66(61)70/h8-41H,1-7H3. The minimum atomic E-state index is -0.194. The molecule has 0 bridgehead atoms. The topological polar surface area (TPSA) is 29.9 Å². The Bertz CT molecular complexity index is 4200. The second-order valence-electron chi connectivity index (χ2n) is 23.3. The number of ether oxygens (including phenoxy) is 2. The molecule has 5 heterocycles. The molecule has 4 aliphatic rings. The van der Waals surface area contributed by atoms with Crippen LogP contribution in [-0.4, -0.2) is 18.0 Å². The summed E-state index contributed by atoms with van der Waals surface area (Å²) in [5, 5.41) is 2.48. The molecule has 0 atom stereocenters. The molecule has 76 heavy (non-hydrogen) atoms. The fourth-order valence-electron chi connectivity index (χ4n) is 13.0. The van der Waals surface area contributed by atoms with Gasteiger partial charge in [0.1, 0.15) is 23.0 Å². The molecule has 11 aromatic rings. The number of anilines is 6. The molecule has 0 saturated heterocycles. The van der Waals surface area contributed by atoms with Crippen LogP contribution in [0, 0.1) is 6.92 Å². The molecule has 5 nitrogen and oxygen atoms in total. The molecule has 0 saturated carbocycles. The fourth-order valence-corrected chi connectivity index (χ4v) is 13.0. The SMILES string of the molecule is Cc1ccccc1N1c2cc3c(cc2B2c4ccccc4Oc4cc(C(C)(C)C)cc1c42)B1c2ccc(-n4c5ccccc5c5ccccc54)cc2N(c2ccccc2-c2ccccc2)c2cc(C(C)(C)C)cc(c21)O3. The number of rotatable bonds is 4. The van der Waals surface area contributed by atoms with Crippen LogP contribution in [0.2, 0.25) is 0 Å². The lowest BCUT2D eigenvalue weighted by molar-refractivity contribution is 0.482. The lowest BCUT2D eigenvalue weighted by atomic mass is 9.31. The molecule has 0 spiro atoms. The number of hydrogen-bond donors (Lipinski definition) is 0. The van der Waals surface area contributed by atoms with Gasteiger partial charge in [-0.25, -0.2) is 0 Å². The van der Waals surface area contributed by atoms with E-state index in [1.807, 2.05) is 0 Å². The van der Waals surface area contributed by atoms with Gasteiger partial charge in [0, 0.05) is 56.5 Å². The normalized spacial score (nSPS) is 13.8. The van der Waals surface area contributed by atoms with E-state index in [-0.39, 0.29) is 24.3 Å². The number of para-hydroxylation sites is 5. The molecular formula is C69H55B2N3O2. The Morgan fingerprint density at radius 3 is 1.58 bits per heavy atom. The van der Waals surface area contributed by atoms with Gasteiger partial charge < -0.3 is 23.8 Å². The van der Waals surface area contributed by atoms with E-state index in [4.69, 9.17) is 9.47 Å². The van der Waals surface area contributed by atoms with Crippen LogP contribution in [0.4, 0.5) is 34.1 Å². The first-order valence-corrected chi connectivity index (χ1v) is 26.8. The van der Waals surface area contributed by atoms with Crippen molar-refractivity contribution in [2.24, 2.45) is 0 Å². The highest BCUT2D eigenvalue weighted by molar-refractivity contribution is 7.02. The Balaban J connectivity index is 1.04. The Kier molecular flexibility index (Phi) is 9.53. The summed E-state index contributed by atoms with van der Waals surface area (Å²) in [5.74, 6) is 3.59. The number of aromatic nitrogens is 1. The smallest absolute Gasteiger partial charge is 0.256 e. The van der Waals surface area contributed by atoms with Gasteiger partial charge in [0.15, 0.2) is 0 Å². The maximum Gasteiger partial charge on any atom is 0.256 e. The second kappa shape index (κ2) is 16.2. The first-order chi connectivity index (χ1) is 36.9. The van der Waals surface area contributed by atoms with Crippen molar-refractivity contribution in [1.29, 1.82) is 0 Å². The van der Waals surface area contributed by atoms with Gasteiger partial charge in [-0.05, 0) is 140 Å². The van der Waals surface area contributed by atoms with Gasteiger partial charge in [-0.2, -0.15) is 0 Å². The van der Waals surface area contributed by atoms with Gasteiger partial charge in [-0.3, -0.25) is 0 Å². The van der Waals surface area contributed by atoms with E-state index in [9.17, 15) is 0 Å². The number of aryl methyl sites for hydroxylation is 1. The Morgan fingerprint density at radius 2 is 0.908 bits per heavy atom. The van der Waals surface area contributed by atoms with E-state index < -0.39 is 0 Å². The van der Waals surface area contributed by atoms with Crippen molar-refractivity contribution in [2.75, 3.05) is 9.80 Å². The van der Waals surface area contributed by atoms with Crippen LogP contribution in [0.25, 0.3) is 38.6 Å². The molecule has 7 heteroatoms. The van der Waals surface area contributed by atoms with Crippen molar-refractivity contribution in [2.45, 2.75) is 59.3 Å². The van der Waals surface area contributed by atoms with E-state index in [1.54, 1.807) is 0 Å². The zero-order chi connectivity index (χ0) is 51.4. The van der Waals surface area contributed by atoms with Crippen LogP contribution in [0.3, 0.4) is 0 Å². The molecular weight excluding hydrogens is 924 g/mol. The number of fused-ring (bicyclic) bond motifs is 11. The summed E-state index contributed by atoms with van der Waals surface area (Å²) in [5.41, 5.74) is 23.0. The van der Waals surface area contributed by atoms with Crippen LogP contribution in [0.5, 0.6) is 23.0 Å². The minimum Gasteiger partial charge on any atom is -0.458 e. The summed E-state index contributed by atoms with van der Waals surface area (Å²) >= 11 is 0. The average molecular weight is 980 g/mol. The van der Waals surface area contributed by atoms with Crippen LogP contribution in [0.15, 0.2) is 206 Å². The van der Waals surface area contributed by atoms with E-state index in [0.29, 0.717) is 0 Å². The van der Waals surface area contributed by atoms with E-state index >= 15 is 0 Å². The second-order valence-corrected chi connectivity index (χ2v) is 23.3. The summed E-state index contributed by atoms with van der Waals surface area (Å²) in [4.78, 5) is 5.05. The van der Waals surface area contributed by atoms with Crippen molar-refractivity contribution in [1.82, 2.24) is 4.57 Å². The molecule has 10 aromatic carbocycles. The summed E-state index contributed by atoms with van der Waals surface area (Å²) in [6, 6.07) is 76.5. The largest absolute Gasteiger partial charge is 0.458 e. The molecule has 0 unspecified atom stereocenters. The maximum absolute atomic E-state index is 7.59. The highest BCUT2D eigenvalue weighted by Gasteiger charge is 2.48. The van der Waals surface area contributed by atoms with Crippen molar-refractivity contribution in [3.05, 3.63) is 223 Å². The summed E-state index contributed by atoms with van der Waals surface area (Å²) < 4.78 is 17.1. The molecule has 364 valence electrons. The van der Waals surface area contributed by atoms with Crippen molar-refractivity contribution >= 4 is 102 Å². The van der Waals surface area contributed by atoms with Crippen molar-refractivity contribution in [3.8, 4) is 39.8 Å². The van der Waals surface area contributed by atoms with Crippen molar-refractivity contribution in [3.63, 3.8) is 0 Å². The third-order valence-corrected chi connectivity index (χ3v) is 16.7. The van der Waals surface area contributed by atoms with Crippen LogP contribution >= 0.6 is 0 Å². The zero-order valence-corrected chi connectivity index (χ0v) is 43.9. The predicted molar refractivity (Wildman–Crippen MR) is 320 cm³/mol. The van der Waals surface area contributed by atoms with E-state index in [1.165, 1.54) is 71.4 Å². The monoisotopic (exact) mass is 979 g/mol. The molecule has 0 N–H and O–H groups in total. The molecule has 4 aliphatic heterocycles. The third-order valence-electron chi connectivity index (χ3n) is 16.7. The van der Waals surface area contributed by atoms with Gasteiger partial charge >= 0.3 is 0 Å². The van der Waals surface area contributed by atoms with Gasteiger partial charge in [0.2, 0.25) is 0 Å². The van der Waals surface area contributed by atoms with Crippen LogP contribution in [-0.2, 0) is 10.8 Å². The van der Waals surface area contributed by atoms with Crippen LogP contribution < -0.4 is 52.1 Å². The fraction of sp³-hybridized carbons (Fsp3) is 0.130. The lowest BCUT2D eigenvalue weighted by Crippen LogP contribution is -2.63. The maximum atomic E-state index is 7.59. The first-order valence-electron chi connectivity index (χ1n) is 26.8. The van der Waals surface area contributed by atoms with E-state index in [0.717, 1.165) is 73.8 Å². The molecule has 0 fully saturated rings. The van der Waals surface area contributed by atoms with Gasteiger partial charge in [-0.1, -0.05) is 175 Å². The predicted octanol–water partition coefficient (Wildman–Crippen LogP) is 14.2. The number of benzene rings is 10. The molecule has 0 radical (unpaired) electrons. The molecule has 15 rings (SSSR count). The molecule has 0 amide bonds. The van der Waals surface area contributed by atoms with Gasteiger partial charge in [0.05, 0.1) is 16.7 Å². The lowest BCUT2D eigenvalue weighted by Gasteiger charge is -2.44. The highest BCUT2D eigenvalue weighted by atomic mass is 16.5. The van der Waals surface area contributed by atoms with E-state index in [2.05, 4.69) is 269 Å². The number of hydrogen-bond acceptors (Lipinski definition) is 4. The Labute approximate surface area is 445 Å². The van der Waals surface area contributed by atoms with Crippen LogP contribution in [0.1, 0.15) is 58.2 Å². The molecule has 0 aliphatic carbocycles. The molecule has 1 aromatic heterocycles.